The van der Waals surface area contributed by atoms with Gasteiger partial charge in [-0.2, -0.15) is 0 Å². The minimum absolute atomic E-state index is 0.0211. The smallest absolute Gasteiger partial charge is 0.331 e. The van der Waals surface area contributed by atoms with Crippen LogP contribution in [0.5, 0.6) is 0 Å². The molecule has 4 N–H and O–H groups in total. The molecule has 32 heavy (non-hydrogen) atoms. The number of carbonyl (C=O) groups is 2. The molecule has 0 bridgehead atoms. The quantitative estimate of drug-likeness (QED) is 0.474. The summed E-state index contributed by atoms with van der Waals surface area (Å²) in [5.41, 5.74) is 9.00. The van der Waals surface area contributed by atoms with E-state index < -0.39 is 12.0 Å². The lowest BCUT2D eigenvalue weighted by Crippen LogP contribution is -2.48. The Bertz CT molecular complexity index is 996. The normalized spacial score (nSPS) is 19.8. The maximum Gasteiger partial charge on any atom is 0.331 e. The minimum atomic E-state index is -0.973. The Morgan fingerprint density at radius 2 is 1.75 bits per heavy atom. The summed E-state index contributed by atoms with van der Waals surface area (Å²) < 4.78 is 0. The zero-order valence-electron chi connectivity index (χ0n) is 18.3. The Morgan fingerprint density at radius 3 is 2.41 bits per heavy atom. The number of rotatable bonds is 6. The third-order valence-electron chi connectivity index (χ3n) is 7.06. The maximum atomic E-state index is 13.9. The van der Waals surface area contributed by atoms with Gasteiger partial charge in [0.2, 0.25) is 5.91 Å². The average Bonchev–Trinajstić information content (AvgIpc) is 2.82. The van der Waals surface area contributed by atoms with Crippen molar-refractivity contribution in [1.82, 2.24) is 4.90 Å². The van der Waals surface area contributed by atoms with Crippen molar-refractivity contribution < 1.29 is 14.7 Å². The zero-order valence-corrected chi connectivity index (χ0v) is 18.3. The predicted octanol–water partition coefficient (Wildman–Crippen LogP) is 3.92. The molecule has 1 aliphatic carbocycles. The van der Waals surface area contributed by atoms with Gasteiger partial charge in [-0.15, -0.1) is 0 Å². The number of carbonyl (C=O) groups excluding carboxylic acids is 1. The van der Waals surface area contributed by atoms with Crippen molar-refractivity contribution in [2.45, 2.75) is 51.0 Å². The second-order valence-electron chi connectivity index (χ2n) is 9.04. The number of fused-ring (bicyclic) bond motifs is 1. The number of nitrogens with one attached hydrogen (secondary N) is 1. The van der Waals surface area contributed by atoms with Gasteiger partial charge in [-0.05, 0) is 48.3 Å². The number of aliphatic carboxylic acids is 1. The first-order chi connectivity index (χ1) is 15.5. The summed E-state index contributed by atoms with van der Waals surface area (Å²) >= 11 is 0. The molecule has 2 atom stereocenters. The van der Waals surface area contributed by atoms with Gasteiger partial charge in [0.25, 0.3) is 0 Å². The van der Waals surface area contributed by atoms with Crippen LogP contribution in [0.2, 0.25) is 0 Å². The number of nitrogens with two attached hydrogens (primary N) is 1. The summed E-state index contributed by atoms with van der Waals surface area (Å²) in [4.78, 5) is 27.8. The highest BCUT2D eigenvalue weighted by Gasteiger charge is 2.40. The molecule has 0 unspecified atom stereocenters. The fourth-order valence-corrected chi connectivity index (χ4v) is 5.35. The van der Waals surface area contributed by atoms with Gasteiger partial charge in [-0.3, -0.25) is 10.2 Å². The molecule has 2 aromatic rings. The molecular weight excluding hydrogens is 402 g/mol. The molecule has 0 aromatic heterocycles. The molecule has 1 aliphatic heterocycles. The van der Waals surface area contributed by atoms with Crippen LogP contribution in [-0.4, -0.2) is 34.3 Å². The Balaban J connectivity index is 1.63. The molecule has 168 valence electrons. The number of nitrogen functional groups attached to an aromatic ring is 1. The van der Waals surface area contributed by atoms with E-state index in [9.17, 15) is 14.7 Å². The first kappa shape index (κ1) is 22.1. The summed E-state index contributed by atoms with van der Waals surface area (Å²) in [6.07, 6.45) is 6.68. The predicted molar refractivity (Wildman–Crippen MR) is 123 cm³/mol. The van der Waals surface area contributed by atoms with Crippen LogP contribution in [0.3, 0.4) is 0 Å². The van der Waals surface area contributed by atoms with Crippen LogP contribution in [0.1, 0.15) is 60.4 Å². The van der Waals surface area contributed by atoms with Crippen molar-refractivity contribution in [1.29, 1.82) is 5.41 Å². The lowest BCUT2D eigenvalue weighted by Gasteiger charge is -2.39. The number of carboxylic acids is 1. The highest BCUT2D eigenvalue weighted by Crippen LogP contribution is 2.37. The van der Waals surface area contributed by atoms with Crippen LogP contribution in [-0.2, 0) is 22.4 Å². The van der Waals surface area contributed by atoms with Crippen LogP contribution in [0, 0.1) is 17.2 Å². The van der Waals surface area contributed by atoms with E-state index in [4.69, 9.17) is 11.1 Å². The number of carboxylic acid groups (broad SMARTS) is 1. The first-order valence-electron chi connectivity index (χ1n) is 11.5. The Hall–Kier alpha value is -3.15. The summed E-state index contributed by atoms with van der Waals surface area (Å²) in [5, 5.41) is 17.6. The topological polar surface area (TPSA) is 107 Å². The molecule has 1 saturated carbocycles. The molecule has 1 fully saturated rings. The van der Waals surface area contributed by atoms with Gasteiger partial charge in [0.15, 0.2) is 6.04 Å². The van der Waals surface area contributed by atoms with Gasteiger partial charge in [-0.1, -0.05) is 67.8 Å². The maximum absolute atomic E-state index is 13.9. The molecule has 2 aromatic carbocycles. The highest BCUT2D eigenvalue weighted by molar-refractivity contribution is 5.95. The van der Waals surface area contributed by atoms with Crippen molar-refractivity contribution >= 4 is 17.7 Å². The number of hydrogen-bond donors (Lipinski definition) is 3. The number of amidine groups is 1. The monoisotopic (exact) mass is 433 g/mol. The van der Waals surface area contributed by atoms with Crippen molar-refractivity contribution in [2.75, 3.05) is 6.54 Å². The fourth-order valence-electron chi connectivity index (χ4n) is 5.35. The van der Waals surface area contributed by atoms with E-state index in [2.05, 4.69) is 0 Å². The molecule has 6 heteroatoms. The number of amides is 1. The van der Waals surface area contributed by atoms with E-state index in [1.165, 1.54) is 6.42 Å². The van der Waals surface area contributed by atoms with E-state index in [-0.39, 0.29) is 23.6 Å². The molecular formula is C26H31N3O3. The lowest BCUT2D eigenvalue weighted by molar-refractivity contribution is -0.154. The van der Waals surface area contributed by atoms with Crippen LogP contribution in [0.15, 0.2) is 48.5 Å². The minimum Gasteiger partial charge on any atom is -0.479 e. The van der Waals surface area contributed by atoms with Gasteiger partial charge in [0.05, 0.1) is 0 Å². The van der Waals surface area contributed by atoms with E-state index in [1.54, 1.807) is 4.90 Å². The molecule has 0 spiro atoms. The van der Waals surface area contributed by atoms with Gasteiger partial charge >= 0.3 is 5.97 Å². The molecule has 6 nitrogen and oxygen atoms in total. The molecule has 0 radical (unpaired) electrons. The van der Waals surface area contributed by atoms with Crippen molar-refractivity contribution in [3.05, 3.63) is 70.8 Å². The van der Waals surface area contributed by atoms with E-state index in [0.29, 0.717) is 24.9 Å². The molecule has 0 saturated heterocycles. The SMILES string of the molecule is N=C(N)c1ccc(C[C@@H](C(=O)N2CCc3ccccc3[C@H]2C(=O)O)C2CCCCC2)cc1. The van der Waals surface area contributed by atoms with Gasteiger partial charge in [0.1, 0.15) is 5.84 Å². The summed E-state index contributed by atoms with van der Waals surface area (Å²) in [6.45, 7) is 0.430. The zero-order chi connectivity index (χ0) is 22.7. The van der Waals surface area contributed by atoms with Crippen LogP contribution in [0.25, 0.3) is 0 Å². The lowest BCUT2D eigenvalue weighted by atomic mass is 9.76. The van der Waals surface area contributed by atoms with E-state index in [1.807, 2.05) is 48.5 Å². The third-order valence-corrected chi connectivity index (χ3v) is 7.06. The summed E-state index contributed by atoms with van der Waals surface area (Å²) in [6, 6.07) is 14.1. The van der Waals surface area contributed by atoms with Crippen molar-refractivity contribution in [3.63, 3.8) is 0 Å². The molecule has 4 rings (SSSR count). The summed E-state index contributed by atoms with van der Waals surface area (Å²) in [5.74, 6) is -0.984. The van der Waals surface area contributed by atoms with Crippen LogP contribution < -0.4 is 5.73 Å². The molecule has 2 aliphatic rings. The second-order valence-corrected chi connectivity index (χ2v) is 9.04. The summed E-state index contributed by atoms with van der Waals surface area (Å²) in [7, 11) is 0. The molecule has 1 amide bonds. The van der Waals surface area contributed by atoms with Gasteiger partial charge in [-0.25, -0.2) is 4.79 Å². The third kappa shape index (κ3) is 4.54. The Morgan fingerprint density at radius 1 is 1.06 bits per heavy atom. The number of hydrogen-bond acceptors (Lipinski definition) is 3. The number of benzene rings is 2. The highest BCUT2D eigenvalue weighted by atomic mass is 16.4. The molecule has 1 heterocycles. The van der Waals surface area contributed by atoms with E-state index >= 15 is 0 Å². The first-order valence-corrected chi connectivity index (χ1v) is 11.5. The van der Waals surface area contributed by atoms with E-state index in [0.717, 1.165) is 42.4 Å². The largest absolute Gasteiger partial charge is 0.479 e. The fraction of sp³-hybridized carbons (Fsp3) is 0.423. The Labute approximate surface area is 188 Å². The second kappa shape index (κ2) is 9.55. The van der Waals surface area contributed by atoms with Gasteiger partial charge < -0.3 is 15.7 Å². The van der Waals surface area contributed by atoms with Crippen LogP contribution in [0.4, 0.5) is 0 Å². The van der Waals surface area contributed by atoms with Crippen LogP contribution >= 0.6 is 0 Å². The Kier molecular flexibility index (Phi) is 6.58. The van der Waals surface area contributed by atoms with Gasteiger partial charge in [0, 0.05) is 18.0 Å². The number of nitrogens with zero attached hydrogens (tertiary/aromatic N) is 1. The van der Waals surface area contributed by atoms with Crippen molar-refractivity contribution in [3.8, 4) is 0 Å². The van der Waals surface area contributed by atoms with Crippen molar-refractivity contribution in [2.24, 2.45) is 17.6 Å². The average molecular weight is 434 g/mol. The standard InChI is InChI=1S/C26H31N3O3/c27-24(28)20-12-10-17(11-13-20)16-22(18-6-2-1-3-7-18)25(30)29-15-14-19-8-4-5-9-21(19)23(29)26(31)32/h4-5,8-13,18,22-23H,1-3,6-7,14-16H2,(H3,27,28)(H,31,32)/t22-,23+/m1/s1.